The van der Waals surface area contributed by atoms with Crippen molar-refractivity contribution in [3.63, 3.8) is 0 Å². The predicted molar refractivity (Wildman–Crippen MR) is 72.6 cm³/mol. The molecule has 2 aromatic rings. The Kier molecular flexibility index (Phi) is 2.90. The van der Waals surface area contributed by atoms with Gasteiger partial charge >= 0.3 is 6.03 Å². The molecule has 1 N–H and O–H groups in total. The second kappa shape index (κ2) is 4.73. The number of imide groups is 1. The van der Waals surface area contributed by atoms with Gasteiger partial charge in [-0.3, -0.25) is 24.8 Å². The van der Waals surface area contributed by atoms with Crippen molar-refractivity contribution in [2.24, 2.45) is 0 Å². The summed E-state index contributed by atoms with van der Waals surface area (Å²) in [5.41, 5.74) is 1.66. The molecule has 0 unspecified atom stereocenters. The number of hydrogen-bond donors (Lipinski definition) is 1. The van der Waals surface area contributed by atoms with Crippen molar-refractivity contribution in [3.05, 3.63) is 36.0 Å². The summed E-state index contributed by atoms with van der Waals surface area (Å²) >= 11 is 0. The van der Waals surface area contributed by atoms with Gasteiger partial charge in [0.15, 0.2) is 0 Å². The van der Waals surface area contributed by atoms with E-state index >= 15 is 0 Å². The van der Waals surface area contributed by atoms with Gasteiger partial charge in [-0.25, -0.2) is 4.79 Å². The molecule has 0 aliphatic carbocycles. The fourth-order valence-electron chi connectivity index (χ4n) is 2.27. The minimum atomic E-state index is -0.477. The number of aldehydes is 1. The summed E-state index contributed by atoms with van der Waals surface area (Å²) in [6.45, 7) is 0.289. The Morgan fingerprint density at radius 1 is 1.30 bits per heavy atom. The second-order valence-corrected chi connectivity index (χ2v) is 4.48. The van der Waals surface area contributed by atoms with Crippen LogP contribution in [0.3, 0.4) is 0 Å². The third-order valence-corrected chi connectivity index (χ3v) is 3.20. The molecule has 2 heterocycles. The molecule has 0 radical (unpaired) electrons. The fraction of sp³-hybridized carbons (Fsp3) is 0.143. The summed E-state index contributed by atoms with van der Waals surface area (Å²) in [5.74, 6) is -0.291. The van der Waals surface area contributed by atoms with Gasteiger partial charge in [-0.1, -0.05) is 0 Å². The van der Waals surface area contributed by atoms with Crippen molar-refractivity contribution < 1.29 is 14.4 Å². The first-order chi connectivity index (χ1) is 9.69. The lowest BCUT2D eigenvalue weighted by atomic mass is 10.1. The summed E-state index contributed by atoms with van der Waals surface area (Å²) in [7, 11) is 0. The van der Waals surface area contributed by atoms with E-state index in [1.165, 1.54) is 4.90 Å². The fourth-order valence-corrected chi connectivity index (χ4v) is 2.27. The van der Waals surface area contributed by atoms with E-state index in [2.05, 4.69) is 10.3 Å². The molecule has 6 nitrogen and oxygen atoms in total. The first-order valence-corrected chi connectivity index (χ1v) is 6.14. The Morgan fingerprint density at radius 3 is 2.90 bits per heavy atom. The van der Waals surface area contributed by atoms with Crippen molar-refractivity contribution in [3.8, 4) is 0 Å². The van der Waals surface area contributed by atoms with Crippen LogP contribution >= 0.6 is 0 Å². The Morgan fingerprint density at radius 2 is 2.15 bits per heavy atom. The molecular weight excluding hydrogens is 258 g/mol. The van der Waals surface area contributed by atoms with Crippen molar-refractivity contribution >= 4 is 34.8 Å². The van der Waals surface area contributed by atoms with Crippen molar-refractivity contribution in [1.82, 2.24) is 10.3 Å². The second-order valence-electron chi connectivity index (χ2n) is 4.48. The molecule has 3 rings (SSSR count). The maximum absolute atomic E-state index is 11.9. The normalized spacial score (nSPS) is 15.3. The first kappa shape index (κ1) is 12.3. The van der Waals surface area contributed by atoms with Crippen LogP contribution in [0.25, 0.3) is 10.9 Å². The number of carbonyl (C=O) groups is 3. The molecular formula is C14H11N3O3. The number of rotatable bonds is 2. The molecule has 1 aliphatic heterocycles. The van der Waals surface area contributed by atoms with E-state index in [-0.39, 0.29) is 18.9 Å². The van der Waals surface area contributed by atoms with Gasteiger partial charge in [-0.2, -0.15) is 0 Å². The van der Waals surface area contributed by atoms with Crippen LogP contribution in [0.4, 0.5) is 10.5 Å². The number of pyridine rings is 1. The molecule has 100 valence electrons. The highest BCUT2D eigenvalue weighted by Crippen LogP contribution is 2.28. The summed E-state index contributed by atoms with van der Waals surface area (Å²) in [6, 6.07) is 6.41. The van der Waals surface area contributed by atoms with E-state index in [1.807, 2.05) is 6.07 Å². The highest BCUT2D eigenvalue weighted by Gasteiger charge is 2.25. The number of carbonyl (C=O) groups excluding carboxylic acids is 3. The zero-order chi connectivity index (χ0) is 14.1. The van der Waals surface area contributed by atoms with Gasteiger partial charge < -0.3 is 0 Å². The lowest BCUT2D eigenvalue weighted by Gasteiger charge is -2.27. The minimum absolute atomic E-state index is 0.235. The van der Waals surface area contributed by atoms with Crippen molar-refractivity contribution in [2.45, 2.75) is 6.42 Å². The Bertz CT molecular complexity index is 727. The Labute approximate surface area is 114 Å². The number of nitrogens with one attached hydrogen (secondary N) is 1. The lowest BCUT2D eigenvalue weighted by Crippen LogP contribution is -2.49. The average Bonchev–Trinajstić information content (AvgIpc) is 2.46. The monoisotopic (exact) mass is 269 g/mol. The minimum Gasteiger partial charge on any atom is -0.298 e. The van der Waals surface area contributed by atoms with Crippen LogP contribution in [-0.2, 0) is 4.79 Å². The smallest absolute Gasteiger partial charge is 0.298 e. The van der Waals surface area contributed by atoms with E-state index in [0.29, 0.717) is 23.1 Å². The van der Waals surface area contributed by atoms with E-state index in [0.717, 1.165) is 5.39 Å². The van der Waals surface area contributed by atoms with Crippen LogP contribution in [-0.4, -0.2) is 29.8 Å². The molecule has 1 aromatic heterocycles. The molecule has 0 atom stereocenters. The van der Waals surface area contributed by atoms with Crippen molar-refractivity contribution in [1.29, 1.82) is 0 Å². The number of aromatic nitrogens is 1. The van der Waals surface area contributed by atoms with E-state index in [9.17, 15) is 14.4 Å². The molecule has 1 saturated heterocycles. The predicted octanol–water partition coefficient (Wildman–Crippen LogP) is 1.49. The average molecular weight is 269 g/mol. The number of amides is 3. The lowest BCUT2D eigenvalue weighted by molar-refractivity contribution is -0.120. The number of hydrogen-bond acceptors (Lipinski definition) is 4. The number of fused-ring (bicyclic) bond motifs is 1. The van der Waals surface area contributed by atoms with E-state index in [1.54, 1.807) is 24.4 Å². The third-order valence-electron chi connectivity index (χ3n) is 3.20. The number of anilines is 1. The molecule has 1 fully saturated rings. The molecule has 1 aromatic carbocycles. The summed E-state index contributed by atoms with van der Waals surface area (Å²) in [4.78, 5) is 39.8. The molecule has 6 heteroatoms. The zero-order valence-corrected chi connectivity index (χ0v) is 10.5. The van der Waals surface area contributed by atoms with Crippen LogP contribution in [0.5, 0.6) is 0 Å². The zero-order valence-electron chi connectivity index (χ0n) is 10.5. The highest BCUT2D eigenvalue weighted by atomic mass is 16.2. The van der Waals surface area contributed by atoms with Crippen LogP contribution in [0.2, 0.25) is 0 Å². The topological polar surface area (TPSA) is 79.4 Å². The van der Waals surface area contributed by atoms with Gasteiger partial charge in [-0.05, 0) is 24.3 Å². The van der Waals surface area contributed by atoms with Crippen LogP contribution < -0.4 is 10.2 Å². The third kappa shape index (κ3) is 2.01. The number of benzene rings is 1. The van der Waals surface area contributed by atoms with Crippen LogP contribution in [0, 0.1) is 0 Å². The molecule has 3 amide bonds. The van der Waals surface area contributed by atoms with Gasteiger partial charge in [0.2, 0.25) is 5.91 Å². The van der Waals surface area contributed by atoms with E-state index in [4.69, 9.17) is 0 Å². The number of nitrogens with zero attached hydrogens (tertiary/aromatic N) is 2. The standard InChI is InChI=1S/C14H11N3O3/c18-8-9-6-11-10(2-1-4-15-11)12(7-9)17-5-3-13(19)16-14(17)20/h1-2,4,6-8H,3,5H2,(H,16,19,20). The molecule has 1 aliphatic rings. The molecule has 0 bridgehead atoms. The largest absolute Gasteiger partial charge is 0.328 e. The molecule has 20 heavy (non-hydrogen) atoms. The van der Waals surface area contributed by atoms with Gasteiger partial charge in [0.1, 0.15) is 6.29 Å². The summed E-state index contributed by atoms with van der Waals surface area (Å²) < 4.78 is 0. The SMILES string of the molecule is O=Cc1cc(N2CCC(=O)NC2=O)c2cccnc2c1. The number of urea groups is 1. The van der Waals surface area contributed by atoms with Gasteiger partial charge in [-0.15, -0.1) is 0 Å². The highest BCUT2D eigenvalue weighted by molar-refractivity contribution is 6.10. The Hall–Kier alpha value is -2.76. The maximum Gasteiger partial charge on any atom is 0.328 e. The van der Waals surface area contributed by atoms with Crippen LogP contribution in [0.1, 0.15) is 16.8 Å². The quantitative estimate of drug-likeness (QED) is 0.838. The Balaban J connectivity index is 2.16. The van der Waals surface area contributed by atoms with E-state index < -0.39 is 6.03 Å². The van der Waals surface area contributed by atoms with Gasteiger partial charge in [0, 0.05) is 30.1 Å². The van der Waals surface area contributed by atoms with Gasteiger partial charge in [0.25, 0.3) is 0 Å². The summed E-state index contributed by atoms with van der Waals surface area (Å²) in [6.07, 6.45) is 2.57. The maximum atomic E-state index is 11.9. The summed E-state index contributed by atoms with van der Waals surface area (Å²) in [5, 5.41) is 3.04. The first-order valence-electron chi connectivity index (χ1n) is 6.14. The molecule has 0 saturated carbocycles. The van der Waals surface area contributed by atoms with Crippen LogP contribution in [0.15, 0.2) is 30.5 Å². The van der Waals surface area contributed by atoms with Crippen molar-refractivity contribution in [2.75, 3.05) is 11.4 Å². The van der Waals surface area contributed by atoms with Gasteiger partial charge in [0.05, 0.1) is 11.2 Å². The molecule has 0 spiro atoms.